The second-order valence-corrected chi connectivity index (χ2v) is 10.1. The molecule has 3 aromatic rings. The number of carbonyl (C=O) groups excluding carboxylic acids is 1. The van der Waals surface area contributed by atoms with Gasteiger partial charge in [0.15, 0.2) is 5.16 Å². The highest BCUT2D eigenvalue weighted by atomic mass is 32.2. The zero-order chi connectivity index (χ0) is 23.1. The molecule has 0 fully saturated rings. The van der Waals surface area contributed by atoms with Crippen LogP contribution in [-0.4, -0.2) is 46.0 Å². The van der Waals surface area contributed by atoms with Gasteiger partial charge in [0, 0.05) is 24.2 Å². The van der Waals surface area contributed by atoms with E-state index in [0.717, 1.165) is 22.6 Å². The number of nitrogens with one attached hydrogen (secondary N) is 1. The highest BCUT2D eigenvalue weighted by Gasteiger charge is 2.18. The molecule has 32 heavy (non-hydrogen) atoms. The van der Waals surface area contributed by atoms with Crippen LogP contribution >= 0.6 is 23.1 Å². The predicted octanol–water partition coefficient (Wildman–Crippen LogP) is 3.79. The fraction of sp³-hybridized carbons (Fsp3) is 0.478. The Bertz CT molecular complexity index is 1110. The number of rotatable bonds is 11. The predicted molar refractivity (Wildman–Crippen MR) is 131 cm³/mol. The maximum atomic E-state index is 13.3. The van der Waals surface area contributed by atoms with Gasteiger partial charge in [-0.15, -0.1) is 11.3 Å². The summed E-state index contributed by atoms with van der Waals surface area (Å²) in [6, 6.07) is 5.61. The largest absolute Gasteiger partial charge is 0.380 e. The van der Waals surface area contributed by atoms with Crippen LogP contribution in [0.4, 0.5) is 0 Å². The first-order chi connectivity index (χ1) is 15.4. The topological polar surface area (TPSA) is 86.1 Å². The molecule has 0 atom stereocenters. The van der Waals surface area contributed by atoms with Gasteiger partial charge in [0.05, 0.1) is 30.0 Å². The molecule has 1 N–H and O–H groups in total. The van der Waals surface area contributed by atoms with Gasteiger partial charge in [-0.3, -0.25) is 19.1 Å². The highest BCUT2D eigenvalue weighted by Crippen LogP contribution is 2.28. The van der Waals surface area contributed by atoms with E-state index in [-0.39, 0.29) is 17.2 Å². The smallest absolute Gasteiger partial charge is 0.263 e. The Labute approximate surface area is 196 Å². The average Bonchev–Trinajstić information content (AvgIpc) is 3.05. The van der Waals surface area contributed by atoms with E-state index in [4.69, 9.17) is 9.72 Å². The lowest BCUT2D eigenvalue weighted by molar-refractivity contribution is -0.118. The number of hydrogen-bond acceptors (Lipinski definition) is 7. The molecule has 0 aromatic carbocycles. The van der Waals surface area contributed by atoms with Crippen LogP contribution in [0.2, 0.25) is 0 Å². The number of ether oxygens (including phenoxy) is 1. The summed E-state index contributed by atoms with van der Waals surface area (Å²) in [6.45, 7) is 10.2. The van der Waals surface area contributed by atoms with E-state index < -0.39 is 0 Å². The lowest BCUT2D eigenvalue weighted by atomic mass is 10.1. The molecule has 0 aliphatic heterocycles. The van der Waals surface area contributed by atoms with E-state index in [1.54, 1.807) is 10.8 Å². The molecule has 0 bridgehead atoms. The van der Waals surface area contributed by atoms with E-state index in [1.807, 2.05) is 32.0 Å². The summed E-state index contributed by atoms with van der Waals surface area (Å²) in [4.78, 5) is 36.5. The molecule has 3 rings (SSSR count). The average molecular weight is 475 g/mol. The number of nitrogens with zero attached hydrogens (tertiary/aromatic N) is 3. The van der Waals surface area contributed by atoms with Crippen LogP contribution in [0.15, 0.2) is 34.3 Å². The fourth-order valence-corrected chi connectivity index (χ4v) is 4.98. The molecular formula is C23H30N4O3S2. The maximum Gasteiger partial charge on any atom is 0.263 e. The van der Waals surface area contributed by atoms with E-state index >= 15 is 0 Å². The Morgan fingerprint density at radius 2 is 2.09 bits per heavy atom. The maximum absolute atomic E-state index is 13.3. The van der Waals surface area contributed by atoms with E-state index in [2.05, 4.69) is 24.1 Å². The normalized spacial score (nSPS) is 11.4. The number of aromatic nitrogens is 3. The third-order valence-electron chi connectivity index (χ3n) is 5.04. The minimum Gasteiger partial charge on any atom is -0.380 e. The molecule has 0 saturated carbocycles. The van der Waals surface area contributed by atoms with E-state index in [0.29, 0.717) is 47.6 Å². The quantitative estimate of drug-likeness (QED) is 0.259. The van der Waals surface area contributed by atoms with Crippen molar-refractivity contribution in [2.45, 2.75) is 45.8 Å². The molecule has 1 amide bonds. The Morgan fingerprint density at radius 3 is 2.81 bits per heavy atom. The number of carbonyl (C=O) groups is 1. The van der Waals surface area contributed by atoms with Gasteiger partial charge in [-0.2, -0.15) is 0 Å². The van der Waals surface area contributed by atoms with Gasteiger partial charge in [-0.1, -0.05) is 31.7 Å². The minimum absolute atomic E-state index is 0.0936. The first-order valence-electron chi connectivity index (χ1n) is 10.7. The van der Waals surface area contributed by atoms with Crippen molar-refractivity contribution >= 4 is 39.2 Å². The number of aryl methyl sites for hydroxylation is 2. The summed E-state index contributed by atoms with van der Waals surface area (Å²) in [6.07, 6.45) is 2.71. The first kappa shape index (κ1) is 24.4. The van der Waals surface area contributed by atoms with Crippen molar-refractivity contribution in [2.24, 2.45) is 5.92 Å². The molecule has 3 aromatic heterocycles. The summed E-state index contributed by atoms with van der Waals surface area (Å²) < 4.78 is 7.16. The highest BCUT2D eigenvalue weighted by molar-refractivity contribution is 7.99. The van der Waals surface area contributed by atoms with Crippen molar-refractivity contribution in [1.29, 1.82) is 0 Å². The van der Waals surface area contributed by atoms with Crippen LogP contribution in [0.5, 0.6) is 0 Å². The molecule has 172 valence electrons. The zero-order valence-electron chi connectivity index (χ0n) is 19.0. The number of fused-ring (bicyclic) bond motifs is 1. The summed E-state index contributed by atoms with van der Waals surface area (Å²) in [5.74, 6) is 0.667. The zero-order valence-corrected chi connectivity index (χ0v) is 20.6. The summed E-state index contributed by atoms with van der Waals surface area (Å²) in [5, 5.41) is 4.04. The molecule has 3 heterocycles. The Hall–Kier alpha value is -2.23. The molecule has 0 aliphatic carbocycles. The number of hydrogen-bond donors (Lipinski definition) is 1. The summed E-state index contributed by atoms with van der Waals surface area (Å²) >= 11 is 2.78. The van der Waals surface area contributed by atoms with E-state index in [9.17, 15) is 9.59 Å². The van der Waals surface area contributed by atoms with Gasteiger partial charge in [0.25, 0.3) is 5.56 Å². The standard InChI is InChI=1S/C23H30N4O3S2/c1-15(2)8-11-30-12-10-25-19(28)14-31-23-26-21-20(16(3)17(4)32-21)22(29)27(23)13-18-7-5-6-9-24-18/h5-7,9,15H,8,10-14H2,1-4H3,(H,25,28). The first-order valence-corrected chi connectivity index (χ1v) is 12.5. The van der Waals surface area contributed by atoms with Crippen molar-refractivity contribution in [3.05, 3.63) is 50.9 Å². The second kappa shape index (κ2) is 11.6. The number of pyridine rings is 1. The molecular weight excluding hydrogens is 444 g/mol. The Kier molecular flexibility index (Phi) is 8.84. The van der Waals surface area contributed by atoms with Gasteiger partial charge < -0.3 is 10.1 Å². The Morgan fingerprint density at radius 1 is 1.28 bits per heavy atom. The van der Waals surface area contributed by atoms with Crippen LogP contribution in [-0.2, 0) is 16.1 Å². The van der Waals surface area contributed by atoms with Crippen molar-refractivity contribution in [1.82, 2.24) is 19.9 Å². The van der Waals surface area contributed by atoms with Crippen LogP contribution in [0.25, 0.3) is 10.2 Å². The molecule has 0 radical (unpaired) electrons. The van der Waals surface area contributed by atoms with Crippen molar-refractivity contribution < 1.29 is 9.53 Å². The monoisotopic (exact) mass is 474 g/mol. The molecule has 0 unspecified atom stereocenters. The number of amides is 1. The van der Waals surface area contributed by atoms with Gasteiger partial charge in [-0.25, -0.2) is 4.98 Å². The molecule has 0 spiro atoms. The summed E-state index contributed by atoms with van der Waals surface area (Å²) in [5.41, 5.74) is 1.64. The lowest BCUT2D eigenvalue weighted by Crippen LogP contribution is -2.30. The third kappa shape index (κ3) is 6.40. The molecule has 9 heteroatoms. The van der Waals surface area contributed by atoms with Gasteiger partial charge in [-0.05, 0) is 43.9 Å². The molecule has 0 aliphatic rings. The lowest BCUT2D eigenvalue weighted by Gasteiger charge is -2.12. The van der Waals surface area contributed by atoms with Crippen molar-refractivity contribution in [3.63, 3.8) is 0 Å². The van der Waals surface area contributed by atoms with Crippen LogP contribution in [0.1, 0.15) is 36.4 Å². The number of thioether (sulfide) groups is 1. The van der Waals surface area contributed by atoms with Crippen molar-refractivity contribution in [3.8, 4) is 0 Å². The van der Waals surface area contributed by atoms with Crippen LogP contribution < -0.4 is 10.9 Å². The molecule has 7 nitrogen and oxygen atoms in total. The fourth-order valence-electron chi connectivity index (χ4n) is 3.08. The van der Waals surface area contributed by atoms with E-state index in [1.165, 1.54) is 23.1 Å². The van der Waals surface area contributed by atoms with Crippen molar-refractivity contribution in [2.75, 3.05) is 25.5 Å². The van der Waals surface area contributed by atoms with Gasteiger partial charge in [0.1, 0.15) is 4.83 Å². The second-order valence-electron chi connectivity index (χ2n) is 8.00. The third-order valence-corrected chi connectivity index (χ3v) is 7.12. The van der Waals surface area contributed by atoms with Crippen LogP contribution in [0.3, 0.4) is 0 Å². The molecule has 0 saturated heterocycles. The number of thiophene rings is 1. The Balaban J connectivity index is 1.70. The van der Waals surface area contributed by atoms with Gasteiger partial charge >= 0.3 is 0 Å². The van der Waals surface area contributed by atoms with Gasteiger partial charge in [0.2, 0.25) is 5.91 Å². The summed E-state index contributed by atoms with van der Waals surface area (Å²) in [7, 11) is 0. The SMILES string of the molecule is Cc1sc2nc(SCC(=O)NCCOCCC(C)C)n(Cc3ccccn3)c(=O)c2c1C. The van der Waals surface area contributed by atoms with Crippen LogP contribution in [0, 0.1) is 19.8 Å². The minimum atomic E-state index is -0.111.